The summed E-state index contributed by atoms with van der Waals surface area (Å²) in [5, 5.41) is 4.22. The second kappa shape index (κ2) is 8.96. The van der Waals surface area contributed by atoms with Crippen molar-refractivity contribution in [1.29, 1.82) is 0 Å². The number of fused-ring (bicyclic) bond motifs is 1. The van der Waals surface area contributed by atoms with Crippen molar-refractivity contribution < 1.29 is 9.53 Å². The zero-order chi connectivity index (χ0) is 21.9. The van der Waals surface area contributed by atoms with Crippen LogP contribution in [0.25, 0.3) is 10.2 Å². The summed E-state index contributed by atoms with van der Waals surface area (Å²) in [6.07, 6.45) is 3.76. The Hall–Kier alpha value is -3.45. The molecule has 1 fully saturated rings. The summed E-state index contributed by atoms with van der Waals surface area (Å²) < 4.78 is 7.31. The minimum Gasteiger partial charge on any atom is -0.439 e. The first-order valence-electron chi connectivity index (χ1n) is 10.8. The molecular weight excluding hydrogens is 420 g/mol. The van der Waals surface area contributed by atoms with Crippen molar-refractivity contribution in [3.63, 3.8) is 0 Å². The quantitative estimate of drug-likeness (QED) is 0.412. The van der Waals surface area contributed by atoms with Gasteiger partial charge in [-0.2, -0.15) is 0 Å². The lowest BCUT2D eigenvalue weighted by Crippen LogP contribution is -2.37. The van der Waals surface area contributed by atoms with E-state index < -0.39 is 0 Å². The molecule has 162 valence electrons. The van der Waals surface area contributed by atoms with Crippen LogP contribution in [-0.2, 0) is 4.79 Å². The summed E-state index contributed by atoms with van der Waals surface area (Å²) in [5.41, 5.74) is 2.99. The summed E-state index contributed by atoms with van der Waals surface area (Å²) in [4.78, 5) is 22.8. The van der Waals surface area contributed by atoms with Gasteiger partial charge in [0.15, 0.2) is 5.13 Å². The summed E-state index contributed by atoms with van der Waals surface area (Å²) in [7, 11) is 0. The molecule has 32 heavy (non-hydrogen) atoms. The molecule has 0 saturated carbocycles. The number of rotatable bonds is 5. The van der Waals surface area contributed by atoms with E-state index in [1.807, 2.05) is 53.4 Å². The number of anilines is 2. The van der Waals surface area contributed by atoms with Crippen LogP contribution in [0.15, 0.2) is 66.9 Å². The third-order valence-corrected chi connectivity index (χ3v) is 6.67. The number of amides is 1. The fourth-order valence-corrected chi connectivity index (χ4v) is 4.97. The van der Waals surface area contributed by atoms with E-state index in [0.29, 0.717) is 12.4 Å². The van der Waals surface area contributed by atoms with Crippen molar-refractivity contribution in [2.45, 2.75) is 25.7 Å². The van der Waals surface area contributed by atoms with Gasteiger partial charge in [0.05, 0.1) is 10.2 Å². The Labute approximate surface area is 190 Å². The van der Waals surface area contributed by atoms with E-state index in [4.69, 9.17) is 4.74 Å². The molecule has 7 heteroatoms. The number of hydrogen-bond donors (Lipinski definition) is 1. The number of piperidine rings is 1. The number of carbonyl (C=O) groups is 1. The molecule has 0 bridgehead atoms. The van der Waals surface area contributed by atoms with E-state index in [1.54, 1.807) is 24.5 Å². The minimum atomic E-state index is 0.122. The topological polar surface area (TPSA) is 67.4 Å². The van der Waals surface area contributed by atoms with Crippen molar-refractivity contribution in [2.75, 3.05) is 18.4 Å². The highest BCUT2D eigenvalue weighted by molar-refractivity contribution is 7.22. The molecule has 0 spiro atoms. The van der Waals surface area contributed by atoms with Gasteiger partial charge in [-0.1, -0.05) is 29.5 Å². The number of para-hydroxylation sites is 1. The number of benzene rings is 2. The SMILES string of the molecule is CC(=O)N1CCC[C@@H](c2cccnc2Oc2ccc(Nc3nc4ccccc4s3)cc2)C1. The molecule has 1 aliphatic rings. The number of nitrogens with one attached hydrogen (secondary N) is 1. The highest BCUT2D eigenvalue weighted by Crippen LogP contribution is 2.35. The molecule has 1 saturated heterocycles. The van der Waals surface area contributed by atoms with Crippen LogP contribution in [0.5, 0.6) is 11.6 Å². The van der Waals surface area contributed by atoms with Gasteiger partial charge in [0, 0.05) is 43.4 Å². The lowest BCUT2D eigenvalue weighted by Gasteiger charge is -2.32. The number of aromatic nitrogens is 2. The van der Waals surface area contributed by atoms with Crippen molar-refractivity contribution in [2.24, 2.45) is 0 Å². The zero-order valence-corrected chi connectivity index (χ0v) is 18.6. The number of ether oxygens (including phenoxy) is 1. The van der Waals surface area contributed by atoms with Crippen molar-refractivity contribution in [3.05, 3.63) is 72.4 Å². The smallest absolute Gasteiger partial charge is 0.222 e. The van der Waals surface area contributed by atoms with E-state index >= 15 is 0 Å². The minimum absolute atomic E-state index is 0.122. The predicted molar refractivity (Wildman–Crippen MR) is 128 cm³/mol. The zero-order valence-electron chi connectivity index (χ0n) is 17.8. The average molecular weight is 445 g/mol. The summed E-state index contributed by atoms with van der Waals surface area (Å²) in [6.45, 7) is 3.17. The Morgan fingerprint density at radius 2 is 1.97 bits per heavy atom. The van der Waals surface area contributed by atoms with Gasteiger partial charge in [0.2, 0.25) is 11.8 Å². The fraction of sp³-hybridized carbons (Fsp3) is 0.240. The van der Waals surface area contributed by atoms with Gasteiger partial charge in [-0.25, -0.2) is 9.97 Å². The molecule has 5 rings (SSSR count). The van der Waals surface area contributed by atoms with Crippen LogP contribution in [0, 0.1) is 0 Å². The second-order valence-electron chi connectivity index (χ2n) is 7.94. The predicted octanol–water partition coefficient (Wildman–Crippen LogP) is 5.95. The molecule has 1 aliphatic heterocycles. The Bertz CT molecular complexity index is 1210. The first-order valence-corrected chi connectivity index (χ1v) is 11.6. The maximum absolute atomic E-state index is 11.8. The summed E-state index contributed by atoms with van der Waals surface area (Å²) >= 11 is 1.63. The van der Waals surface area contributed by atoms with Gasteiger partial charge in [-0.3, -0.25) is 4.79 Å². The van der Waals surface area contributed by atoms with Crippen molar-refractivity contribution >= 4 is 38.3 Å². The Kier molecular flexibility index (Phi) is 5.73. The number of pyridine rings is 1. The average Bonchev–Trinajstić information content (AvgIpc) is 3.23. The summed E-state index contributed by atoms with van der Waals surface area (Å²) in [5.74, 6) is 1.68. The van der Waals surface area contributed by atoms with Gasteiger partial charge >= 0.3 is 0 Å². The fourth-order valence-electron chi connectivity index (χ4n) is 4.08. The van der Waals surface area contributed by atoms with Crippen LogP contribution in [0.4, 0.5) is 10.8 Å². The largest absolute Gasteiger partial charge is 0.439 e. The molecule has 2 aromatic carbocycles. The number of hydrogen-bond acceptors (Lipinski definition) is 6. The van der Waals surface area contributed by atoms with E-state index in [0.717, 1.165) is 51.7 Å². The van der Waals surface area contributed by atoms with Crippen LogP contribution in [0.1, 0.15) is 31.2 Å². The highest BCUT2D eigenvalue weighted by Gasteiger charge is 2.25. The van der Waals surface area contributed by atoms with E-state index in [-0.39, 0.29) is 11.8 Å². The molecule has 4 aromatic rings. The van der Waals surface area contributed by atoms with Gasteiger partial charge in [0.1, 0.15) is 5.75 Å². The van der Waals surface area contributed by atoms with Crippen LogP contribution >= 0.6 is 11.3 Å². The Morgan fingerprint density at radius 3 is 2.78 bits per heavy atom. The van der Waals surface area contributed by atoms with E-state index in [1.165, 1.54) is 0 Å². The van der Waals surface area contributed by atoms with Crippen molar-refractivity contribution in [1.82, 2.24) is 14.9 Å². The third kappa shape index (κ3) is 4.43. The van der Waals surface area contributed by atoms with Gasteiger partial charge in [-0.15, -0.1) is 0 Å². The molecule has 0 aliphatic carbocycles. The van der Waals surface area contributed by atoms with Gasteiger partial charge in [0.25, 0.3) is 0 Å². The normalized spacial score (nSPS) is 16.2. The Morgan fingerprint density at radius 1 is 1.12 bits per heavy atom. The molecule has 1 amide bonds. The van der Waals surface area contributed by atoms with E-state index in [9.17, 15) is 4.79 Å². The molecule has 2 aromatic heterocycles. The maximum Gasteiger partial charge on any atom is 0.222 e. The summed E-state index contributed by atoms with van der Waals surface area (Å²) in [6, 6.07) is 19.9. The molecule has 3 heterocycles. The van der Waals surface area contributed by atoms with Gasteiger partial charge in [-0.05, 0) is 55.3 Å². The number of carbonyl (C=O) groups excluding carboxylic acids is 1. The van der Waals surface area contributed by atoms with Crippen LogP contribution < -0.4 is 10.1 Å². The molecule has 0 radical (unpaired) electrons. The number of nitrogens with zero attached hydrogens (tertiary/aromatic N) is 3. The standard InChI is InChI=1S/C25H24N4O2S/c1-17(30)29-15-5-6-18(16-29)21-7-4-14-26-24(21)31-20-12-10-19(11-13-20)27-25-28-22-8-2-3-9-23(22)32-25/h2-4,7-14,18H,5-6,15-16H2,1H3,(H,27,28)/t18-/m1/s1. The molecule has 1 atom stereocenters. The lowest BCUT2D eigenvalue weighted by molar-refractivity contribution is -0.130. The monoisotopic (exact) mass is 444 g/mol. The Balaban J connectivity index is 1.30. The number of thiazole rings is 1. The molecule has 6 nitrogen and oxygen atoms in total. The molecular formula is C25H24N4O2S. The highest BCUT2D eigenvalue weighted by atomic mass is 32.1. The lowest BCUT2D eigenvalue weighted by atomic mass is 9.91. The van der Waals surface area contributed by atoms with Crippen LogP contribution in [0.2, 0.25) is 0 Å². The van der Waals surface area contributed by atoms with Crippen LogP contribution in [0.3, 0.4) is 0 Å². The van der Waals surface area contributed by atoms with Crippen LogP contribution in [-0.4, -0.2) is 33.9 Å². The third-order valence-electron chi connectivity index (χ3n) is 5.72. The maximum atomic E-state index is 11.8. The first kappa shape index (κ1) is 20.5. The molecule has 1 N–H and O–H groups in total. The second-order valence-corrected chi connectivity index (χ2v) is 8.97. The van der Waals surface area contributed by atoms with Crippen molar-refractivity contribution in [3.8, 4) is 11.6 Å². The number of likely N-dealkylation sites (tertiary alicyclic amines) is 1. The first-order chi connectivity index (χ1) is 15.7. The molecule has 0 unspecified atom stereocenters. The van der Waals surface area contributed by atoms with Gasteiger partial charge < -0.3 is 15.0 Å². The van der Waals surface area contributed by atoms with E-state index in [2.05, 4.69) is 27.4 Å².